The fourth-order valence-electron chi connectivity index (χ4n) is 5.29. The SMILES string of the molecule is O=C(c1ccc(CN2CCc3ccccc3C2)cc1)N1CCN(Cc2ccc3c(c2)OCO3)CC1. The maximum Gasteiger partial charge on any atom is 0.253 e. The van der Waals surface area contributed by atoms with Crippen molar-refractivity contribution in [2.24, 2.45) is 0 Å². The quantitative estimate of drug-likeness (QED) is 0.567. The molecule has 35 heavy (non-hydrogen) atoms. The fourth-order valence-corrected chi connectivity index (χ4v) is 5.29. The van der Waals surface area contributed by atoms with Crippen LogP contribution in [0.2, 0.25) is 0 Å². The summed E-state index contributed by atoms with van der Waals surface area (Å²) >= 11 is 0. The molecule has 0 atom stereocenters. The van der Waals surface area contributed by atoms with Gasteiger partial charge in [-0.05, 0) is 52.9 Å². The van der Waals surface area contributed by atoms with Crippen LogP contribution in [0.1, 0.15) is 32.6 Å². The number of rotatable bonds is 5. The van der Waals surface area contributed by atoms with Gasteiger partial charge in [0.1, 0.15) is 0 Å². The number of benzene rings is 3. The maximum absolute atomic E-state index is 13.1. The first-order valence-electron chi connectivity index (χ1n) is 12.5. The summed E-state index contributed by atoms with van der Waals surface area (Å²) in [4.78, 5) is 20.0. The largest absolute Gasteiger partial charge is 0.454 e. The van der Waals surface area contributed by atoms with Gasteiger partial charge in [-0.3, -0.25) is 14.6 Å². The van der Waals surface area contributed by atoms with E-state index in [1.165, 1.54) is 22.3 Å². The molecule has 3 aromatic rings. The number of ether oxygens (including phenoxy) is 2. The molecule has 0 N–H and O–H groups in total. The van der Waals surface area contributed by atoms with E-state index in [0.29, 0.717) is 6.79 Å². The van der Waals surface area contributed by atoms with E-state index in [2.05, 4.69) is 58.3 Å². The summed E-state index contributed by atoms with van der Waals surface area (Å²) in [5.74, 6) is 1.77. The molecule has 0 spiro atoms. The van der Waals surface area contributed by atoms with E-state index in [-0.39, 0.29) is 5.91 Å². The number of piperazine rings is 1. The standard InChI is InChI=1S/C29H31N3O3/c33-29(32-15-13-30(14-16-32)19-23-7-10-27-28(17-23)35-21-34-27)25-8-5-22(6-9-25)18-31-12-11-24-3-1-2-4-26(24)20-31/h1-10,17H,11-16,18-21H2. The van der Waals surface area contributed by atoms with E-state index in [1.54, 1.807) is 0 Å². The van der Waals surface area contributed by atoms with Gasteiger partial charge in [0.15, 0.2) is 11.5 Å². The normalized spacial score (nSPS) is 17.9. The maximum atomic E-state index is 13.1. The van der Waals surface area contributed by atoms with Gasteiger partial charge in [-0.25, -0.2) is 0 Å². The van der Waals surface area contributed by atoms with Crippen molar-refractivity contribution in [1.82, 2.24) is 14.7 Å². The molecule has 0 bridgehead atoms. The molecule has 0 aromatic heterocycles. The van der Waals surface area contributed by atoms with Gasteiger partial charge in [0, 0.05) is 57.9 Å². The number of carbonyl (C=O) groups is 1. The Morgan fingerprint density at radius 2 is 1.43 bits per heavy atom. The van der Waals surface area contributed by atoms with Gasteiger partial charge in [0.05, 0.1) is 0 Å². The second kappa shape index (κ2) is 9.72. The van der Waals surface area contributed by atoms with Gasteiger partial charge < -0.3 is 14.4 Å². The van der Waals surface area contributed by atoms with Crippen molar-refractivity contribution in [3.05, 3.63) is 94.5 Å². The Hall–Kier alpha value is -3.35. The van der Waals surface area contributed by atoms with E-state index < -0.39 is 0 Å². The van der Waals surface area contributed by atoms with Crippen molar-refractivity contribution in [3.63, 3.8) is 0 Å². The minimum atomic E-state index is 0.131. The zero-order chi connectivity index (χ0) is 23.6. The Morgan fingerprint density at radius 1 is 0.714 bits per heavy atom. The molecule has 1 amide bonds. The van der Waals surface area contributed by atoms with Crippen LogP contribution in [-0.2, 0) is 26.1 Å². The van der Waals surface area contributed by atoms with Crippen LogP contribution in [0.15, 0.2) is 66.7 Å². The fraction of sp³-hybridized carbons (Fsp3) is 0.345. The first-order valence-corrected chi connectivity index (χ1v) is 12.5. The summed E-state index contributed by atoms with van der Waals surface area (Å²) in [6.07, 6.45) is 1.10. The first-order chi connectivity index (χ1) is 17.2. The molecular formula is C29H31N3O3. The third kappa shape index (κ3) is 4.90. The molecule has 1 saturated heterocycles. The molecule has 3 aliphatic heterocycles. The lowest BCUT2D eigenvalue weighted by molar-refractivity contribution is 0.0628. The lowest BCUT2D eigenvalue weighted by Gasteiger charge is -2.35. The van der Waals surface area contributed by atoms with Crippen molar-refractivity contribution in [2.75, 3.05) is 39.5 Å². The Labute approximate surface area is 206 Å². The smallest absolute Gasteiger partial charge is 0.253 e. The molecule has 1 fully saturated rings. The van der Waals surface area contributed by atoms with Gasteiger partial charge in [0.25, 0.3) is 5.91 Å². The predicted molar refractivity (Wildman–Crippen MR) is 134 cm³/mol. The highest BCUT2D eigenvalue weighted by atomic mass is 16.7. The number of nitrogens with zero attached hydrogens (tertiary/aromatic N) is 3. The molecule has 0 unspecified atom stereocenters. The van der Waals surface area contributed by atoms with Crippen LogP contribution in [0.4, 0.5) is 0 Å². The molecule has 3 heterocycles. The van der Waals surface area contributed by atoms with E-state index >= 15 is 0 Å². The summed E-state index contributed by atoms with van der Waals surface area (Å²) in [6, 6.07) is 23.1. The first kappa shape index (κ1) is 22.1. The van der Waals surface area contributed by atoms with E-state index in [9.17, 15) is 4.79 Å². The van der Waals surface area contributed by atoms with Gasteiger partial charge in [-0.15, -0.1) is 0 Å². The third-order valence-corrected chi connectivity index (χ3v) is 7.32. The number of amides is 1. The molecule has 3 aliphatic rings. The molecule has 3 aromatic carbocycles. The van der Waals surface area contributed by atoms with Crippen molar-refractivity contribution >= 4 is 5.91 Å². The topological polar surface area (TPSA) is 45.3 Å². The Bertz CT molecular complexity index is 1200. The number of hydrogen-bond donors (Lipinski definition) is 0. The average molecular weight is 470 g/mol. The lowest BCUT2D eigenvalue weighted by atomic mass is 9.99. The molecule has 180 valence electrons. The highest BCUT2D eigenvalue weighted by Crippen LogP contribution is 2.33. The summed E-state index contributed by atoms with van der Waals surface area (Å²) < 4.78 is 10.9. The monoisotopic (exact) mass is 469 g/mol. The van der Waals surface area contributed by atoms with Crippen molar-refractivity contribution in [2.45, 2.75) is 26.1 Å². The molecule has 0 radical (unpaired) electrons. The highest BCUT2D eigenvalue weighted by Gasteiger charge is 2.23. The van der Waals surface area contributed by atoms with E-state index in [4.69, 9.17) is 9.47 Å². The molecule has 6 heteroatoms. The minimum absolute atomic E-state index is 0.131. The summed E-state index contributed by atoms with van der Waals surface area (Å²) in [7, 11) is 0. The van der Waals surface area contributed by atoms with Crippen molar-refractivity contribution < 1.29 is 14.3 Å². The van der Waals surface area contributed by atoms with Crippen molar-refractivity contribution in [1.29, 1.82) is 0 Å². The van der Waals surface area contributed by atoms with Crippen LogP contribution in [-0.4, -0.2) is 60.1 Å². The van der Waals surface area contributed by atoms with Gasteiger partial charge in [-0.1, -0.05) is 42.5 Å². The van der Waals surface area contributed by atoms with Crippen LogP contribution in [0, 0.1) is 0 Å². The third-order valence-electron chi connectivity index (χ3n) is 7.32. The molecular weight excluding hydrogens is 438 g/mol. The summed E-state index contributed by atoms with van der Waals surface area (Å²) in [6.45, 7) is 7.38. The molecule has 6 rings (SSSR count). The van der Waals surface area contributed by atoms with E-state index in [1.807, 2.05) is 23.1 Å². The van der Waals surface area contributed by atoms with Crippen LogP contribution < -0.4 is 9.47 Å². The Morgan fingerprint density at radius 3 is 2.26 bits per heavy atom. The van der Waals surface area contributed by atoms with Gasteiger partial charge >= 0.3 is 0 Å². The van der Waals surface area contributed by atoms with E-state index in [0.717, 1.165) is 75.8 Å². The second-order valence-electron chi connectivity index (χ2n) is 9.68. The van der Waals surface area contributed by atoms with Crippen LogP contribution in [0.25, 0.3) is 0 Å². The molecule has 6 nitrogen and oxygen atoms in total. The average Bonchev–Trinajstić information content (AvgIpc) is 3.37. The van der Waals surface area contributed by atoms with Crippen molar-refractivity contribution in [3.8, 4) is 11.5 Å². The second-order valence-corrected chi connectivity index (χ2v) is 9.68. The number of hydrogen-bond acceptors (Lipinski definition) is 5. The molecule has 0 saturated carbocycles. The van der Waals surface area contributed by atoms with Gasteiger partial charge in [0.2, 0.25) is 6.79 Å². The summed E-state index contributed by atoms with van der Waals surface area (Å²) in [5.41, 5.74) is 6.15. The predicted octanol–water partition coefficient (Wildman–Crippen LogP) is 3.93. The zero-order valence-corrected chi connectivity index (χ0v) is 20.0. The Balaban J connectivity index is 1.00. The minimum Gasteiger partial charge on any atom is -0.454 e. The Kier molecular flexibility index (Phi) is 6.15. The van der Waals surface area contributed by atoms with Gasteiger partial charge in [-0.2, -0.15) is 0 Å². The highest BCUT2D eigenvalue weighted by molar-refractivity contribution is 5.94. The van der Waals surface area contributed by atoms with Crippen LogP contribution in [0.5, 0.6) is 11.5 Å². The summed E-state index contributed by atoms with van der Waals surface area (Å²) in [5, 5.41) is 0. The lowest BCUT2D eigenvalue weighted by Crippen LogP contribution is -2.48. The number of fused-ring (bicyclic) bond motifs is 2. The van der Waals surface area contributed by atoms with Crippen LogP contribution >= 0.6 is 0 Å². The van der Waals surface area contributed by atoms with Crippen LogP contribution in [0.3, 0.4) is 0 Å². The number of carbonyl (C=O) groups excluding carboxylic acids is 1. The zero-order valence-electron chi connectivity index (χ0n) is 20.0. The molecule has 0 aliphatic carbocycles.